The Morgan fingerprint density at radius 2 is 1.97 bits per heavy atom. The van der Waals surface area contributed by atoms with E-state index in [1.165, 1.54) is 6.20 Å². The van der Waals surface area contributed by atoms with E-state index in [4.69, 9.17) is 4.74 Å². The van der Waals surface area contributed by atoms with Crippen LogP contribution in [0.15, 0.2) is 64.7 Å². The third kappa shape index (κ3) is 4.00. The van der Waals surface area contributed by atoms with Gasteiger partial charge in [0, 0.05) is 35.7 Å². The molecule has 1 fully saturated rings. The molecule has 5 aromatic rings. The van der Waals surface area contributed by atoms with Crippen LogP contribution in [0.2, 0.25) is 0 Å². The second kappa shape index (κ2) is 8.04. The van der Waals surface area contributed by atoms with Crippen molar-refractivity contribution >= 4 is 16.6 Å². The minimum atomic E-state index is -4.47. The summed E-state index contributed by atoms with van der Waals surface area (Å²) in [5.41, 5.74) is 2.14. The molecule has 12 heteroatoms. The third-order valence-electron chi connectivity index (χ3n) is 6.20. The number of rotatable bonds is 5. The molecular formula is C24H17F3N6O3. The van der Waals surface area contributed by atoms with Crippen molar-refractivity contribution in [3.63, 3.8) is 0 Å². The van der Waals surface area contributed by atoms with Crippen LogP contribution in [0.3, 0.4) is 0 Å². The number of alkyl halides is 3. The summed E-state index contributed by atoms with van der Waals surface area (Å²) in [6.07, 6.45) is 2.38. The average molecular weight is 494 g/mol. The summed E-state index contributed by atoms with van der Waals surface area (Å²) >= 11 is 0. The molecule has 0 spiro atoms. The fourth-order valence-corrected chi connectivity index (χ4v) is 4.52. The molecule has 1 aliphatic carbocycles. The zero-order valence-electron chi connectivity index (χ0n) is 18.4. The molecular weight excluding hydrogens is 477 g/mol. The first kappa shape index (κ1) is 22.0. The van der Waals surface area contributed by atoms with Crippen LogP contribution in [0.5, 0.6) is 5.75 Å². The van der Waals surface area contributed by atoms with E-state index in [0.29, 0.717) is 28.7 Å². The molecule has 4 heterocycles. The van der Waals surface area contributed by atoms with Crippen molar-refractivity contribution < 1.29 is 17.9 Å². The Bertz CT molecular complexity index is 1740. The lowest BCUT2D eigenvalue weighted by Crippen LogP contribution is -2.23. The summed E-state index contributed by atoms with van der Waals surface area (Å²) in [6, 6.07) is 8.58. The van der Waals surface area contributed by atoms with Gasteiger partial charge in [-0.05, 0) is 54.2 Å². The molecule has 9 nitrogen and oxygen atoms in total. The van der Waals surface area contributed by atoms with E-state index >= 15 is 0 Å². The number of hydrogen-bond acceptors (Lipinski definition) is 6. The molecule has 0 radical (unpaired) electrons. The second-order valence-electron chi connectivity index (χ2n) is 8.61. The number of pyridine rings is 1. The zero-order chi connectivity index (χ0) is 25.0. The molecule has 2 N–H and O–H groups in total. The van der Waals surface area contributed by atoms with Crippen molar-refractivity contribution in [3.05, 3.63) is 87.1 Å². The number of halogens is 3. The molecule has 2 atom stereocenters. The van der Waals surface area contributed by atoms with Gasteiger partial charge in [-0.3, -0.25) is 14.8 Å². The molecule has 0 bridgehead atoms. The van der Waals surface area contributed by atoms with E-state index < -0.39 is 24.0 Å². The van der Waals surface area contributed by atoms with E-state index in [-0.39, 0.29) is 23.1 Å². The SMILES string of the molecule is O=c1[nH]cc(-c2cc(C3C[C@@H]3c3cc(OCC(F)(F)F)c4cccnc4c3)c3nccn3n2)c(=O)[nH]1. The first-order valence-corrected chi connectivity index (χ1v) is 11.0. The number of hydrogen-bond donors (Lipinski definition) is 2. The predicted octanol–water partition coefficient (Wildman–Crippen LogP) is 3.53. The van der Waals surface area contributed by atoms with Gasteiger partial charge in [-0.25, -0.2) is 14.3 Å². The molecule has 0 aliphatic heterocycles. The molecule has 1 aromatic carbocycles. The van der Waals surface area contributed by atoms with Crippen LogP contribution in [0, 0.1) is 0 Å². The van der Waals surface area contributed by atoms with E-state index in [9.17, 15) is 22.8 Å². The topological polar surface area (TPSA) is 118 Å². The normalized spacial score (nSPS) is 17.5. The van der Waals surface area contributed by atoms with Crippen LogP contribution in [0.25, 0.3) is 27.8 Å². The van der Waals surface area contributed by atoms with Crippen LogP contribution < -0.4 is 16.0 Å². The van der Waals surface area contributed by atoms with Gasteiger partial charge in [-0.1, -0.05) is 0 Å². The van der Waals surface area contributed by atoms with Gasteiger partial charge in [-0.2, -0.15) is 18.3 Å². The van der Waals surface area contributed by atoms with Gasteiger partial charge in [0.1, 0.15) is 5.75 Å². The zero-order valence-corrected chi connectivity index (χ0v) is 18.4. The van der Waals surface area contributed by atoms with Crippen molar-refractivity contribution in [1.82, 2.24) is 29.5 Å². The predicted molar refractivity (Wildman–Crippen MR) is 123 cm³/mol. The van der Waals surface area contributed by atoms with Gasteiger partial charge in [-0.15, -0.1) is 0 Å². The lowest BCUT2D eigenvalue weighted by atomic mass is 10.0. The van der Waals surface area contributed by atoms with Crippen LogP contribution in [-0.2, 0) is 0 Å². The van der Waals surface area contributed by atoms with E-state index in [2.05, 4.69) is 25.0 Å². The molecule has 0 saturated heterocycles. The quantitative estimate of drug-likeness (QED) is 0.386. The highest BCUT2D eigenvalue weighted by Gasteiger charge is 2.42. The highest BCUT2D eigenvalue weighted by atomic mass is 19.4. The van der Waals surface area contributed by atoms with Crippen molar-refractivity contribution in [3.8, 4) is 17.0 Å². The first-order chi connectivity index (χ1) is 17.3. The second-order valence-corrected chi connectivity index (χ2v) is 8.61. The number of benzene rings is 1. The van der Waals surface area contributed by atoms with Crippen LogP contribution >= 0.6 is 0 Å². The Morgan fingerprint density at radius 1 is 1.11 bits per heavy atom. The van der Waals surface area contributed by atoms with Crippen LogP contribution in [0.1, 0.15) is 29.4 Å². The third-order valence-corrected chi connectivity index (χ3v) is 6.20. The molecule has 1 aliphatic rings. The highest BCUT2D eigenvalue weighted by molar-refractivity contribution is 5.86. The molecule has 36 heavy (non-hydrogen) atoms. The smallest absolute Gasteiger partial charge is 0.422 e. The maximum atomic E-state index is 12.8. The number of ether oxygens (including phenoxy) is 1. The van der Waals surface area contributed by atoms with Crippen molar-refractivity contribution in [2.75, 3.05) is 6.61 Å². The summed E-state index contributed by atoms with van der Waals surface area (Å²) in [4.78, 5) is 37.1. The molecule has 1 saturated carbocycles. The number of H-pyrrole nitrogens is 2. The van der Waals surface area contributed by atoms with Crippen LogP contribution in [0.4, 0.5) is 13.2 Å². The van der Waals surface area contributed by atoms with Gasteiger partial charge in [0.25, 0.3) is 5.56 Å². The van der Waals surface area contributed by atoms with Crippen molar-refractivity contribution in [2.45, 2.75) is 24.4 Å². The molecule has 4 aromatic heterocycles. The summed E-state index contributed by atoms with van der Waals surface area (Å²) in [5, 5.41) is 4.94. The average Bonchev–Trinajstić information content (AvgIpc) is 3.49. The highest BCUT2D eigenvalue weighted by Crippen LogP contribution is 2.56. The number of nitrogens with one attached hydrogen (secondary N) is 2. The molecule has 182 valence electrons. The standard InChI is InChI=1S/C24H17F3N6O3/c25-24(26,27)11-36-20-7-12(6-18-13(20)2-1-3-28-18)14-8-15(14)16-9-19(32-33-5-4-29-21(16)33)17-10-30-23(35)31-22(17)34/h1-7,9-10,14-15H,8,11H2,(H2,30,31,34,35)/t14-,15?/m1/s1. The van der Waals surface area contributed by atoms with E-state index in [1.807, 2.05) is 6.07 Å². The van der Waals surface area contributed by atoms with E-state index in [1.54, 1.807) is 47.4 Å². The monoisotopic (exact) mass is 494 g/mol. The Kier molecular flexibility index (Phi) is 4.92. The Balaban J connectivity index is 1.40. The number of aromatic amines is 2. The number of fused-ring (bicyclic) bond motifs is 2. The summed E-state index contributed by atoms with van der Waals surface area (Å²) in [5.74, 6) is 0.0871. The maximum absolute atomic E-state index is 12.8. The Labute approximate surface area is 199 Å². The lowest BCUT2D eigenvalue weighted by Gasteiger charge is -2.13. The first-order valence-electron chi connectivity index (χ1n) is 11.0. The van der Waals surface area contributed by atoms with Gasteiger partial charge in [0.05, 0.1) is 16.8 Å². The van der Waals surface area contributed by atoms with Gasteiger partial charge < -0.3 is 9.72 Å². The number of aromatic nitrogens is 6. The fourth-order valence-electron chi connectivity index (χ4n) is 4.52. The Morgan fingerprint density at radius 3 is 2.78 bits per heavy atom. The molecule has 1 unspecified atom stereocenters. The van der Waals surface area contributed by atoms with Gasteiger partial charge in [0.15, 0.2) is 12.3 Å². The van der Waals surface area contributed by atoms with E-state index in [0.717, 1.165) is 11.1 Å². The van der Waals surface area contributed by atoms with Crippen molar-refractivity contribution in [2.24, 2.45) is 0 Å². The van der Waals surface area contributed by atoms with Gasteiger partial charge in [0.2, 0.25) is 0 Å². The summed E-state index contributed by atoms with van der Waals surface area (Å²) < 4.78 is 45.2. The number of nitrogens with zero attached hydrogens (tertiary/aromatic N) is 4. The van der Waals surface area contributed by atoms with Gasteiger partial charge >= 0.3 is 11.9 Å². The minimum absolute atomic E-state index is 0.0184. The minimum Gasteiger partial charge on any atom is -0.483 e. The Hall–Kier alpha value is -4.48. The largest absolute Gasteiger partial charge is 0.483 e. The van der Waals surface area contributed by atoms with Crippen LogP contribution in [-0.4, -0.2) is 42.3 Å². The fraction of sp³-hybridized carbons (Fsp3) is 0.208. The molecule has 6 rings (SSSR count). The maximum Gasteiger partial charge on any atom is 0.422 e. The lowest BCUT2D eigenvalue weighted by molar-refractivity contribution is -0.153. The molecule has 0 amide bonds. The van der Waals surface area contributed by atoms with Crippen molar-refractivity contribution in [1.29, 1.82) is 0 Å². The summed E-state index contributed by atoms with van der Waals surface area (Å²) in [7, 11) is 0. The number of imidazole rings is 1. The summed E-state index contributed by atoms with van der Waals surface area (Å²) in [6.45, 7) is -1.40.